The minimum atomic E-state index is -4.53. The zero-order chi connectivity index (χ0) is 27.8. The quantitative estimate of drug-likeness (QED) is 0.277. The number of alkyl halides is 3. The fourth-order valence-electron chi connectivity index (χ4n) is 4.12. The molecule has 1 aliphatic rings. The summed E-state index contributed by atoms with van der Waals surface area (Å²) in [5, 5.41) is 2.92. The molecular formula is C27H26F3N5O3S. The molecule has 1 aliphatic carbocycles. The molecule has 4 aromatic rings. The van der Waals surface area contributed by atoms with Crippen molar-refractivity contribution in [3.63, 3.8) is 0 Å². The second kappa shape index (κ2) is 10.3. The Morgan fingerprint density at radius 3 is 2.49 bits per heavy atom. The van der Waals surface area contributed by atoms with Gasteiger partial charge in [0.2, 0.25) is 10.0 Å². The van der Waals surface area contributed by atoms with Gasteiger partial charge in [-0.05, 0) is 60.9 Å². The number of anilines is 2. The Bertz CT molecular complexity index is 1580. The summed E-state index contributed by atoms with van der Waals surface area (Å²) in [6.45, 7) is 0.131. The number of hydrogen-bond donors (Lipinski definition) is 1. The van der Waals surface area contributed by atoms with E-state index in [-0.39, 0.29) is 17.3 Å². The first-order valence-corrected chi connectivity index (χ1v) is 13.6. The number of hydrogen-bond acceptors (Lipinski definition) is 6. The highest BCUT2D eigenvalue weighted by Gasteiger charge is 2.31. The summed E-state index contributed by atoms with van der Waals surface area (Å²) in [5.74, 6) is 0.637. The summed E-state index contributed by atoms with van der Waals surface area (Å²) in [5.41, 5.74) is 1.22. The standard InChI is InChI=1S/C27H26F3N5O3S/c1-34(15-18-3-7-21(38-2)8-4-18)39(36,37)22-9-10-24(33-26-13-19(11-12-31-26)27(28,29)30)23(14-22)25-16-35(17-32-25)20-5-6-20/h3-4,7-14,16-17,20H,5-6,15H2,1-2H3,(H,31,33). The van der Waals surface area contributed by atoms with Crippen LogP contribution in [0.1, 0.15) is 30.0 Å². The van der Waals surface area contributed by atoms with Gasteiger partial charge in [-0.1, -0.05) is 12.1 Å². The monoisotopic (exact) mass is 557 g/mol. The van der Waals surface area contributed by atoms with E-state index in [0.717, 1.165) is 36.7 Å². The molecule has 0 radical (unpaired) electrons. The van der Waals surface area contributed by atoms with Crippen LogP contribution in [0, 0.1) is 0 Å². The van der Waals surface area contributed by atoms with E-state index in [1.165, 1.54) is 29.6 Å². The molecule has 2 aromatic heterocycles. The third-order valence-corrected chi connectivity index (χ3v) is 8.26. The lowest BCUT2D eigenvalue weighted by atomic mass is 10.1. The van der Waals surface area contributed by atoms with Crippen LogP contribution in [-0.2, 0) is 22.7 Å². The van der Waals surface area contributed by atoms with Gasteiger partial charge in [-0.2, -0.15) is 17.5 Å². The highest BCUT2D eigenvalue weighted by atomic mass is 32.2. The number of ether oxygens (including phenoxy) is 1. The molecule has 0 aliphatic heterocycles. The van der Waals surface area contributed by atoms with Gasteiger partial charge in [0, 0.05) is 43.3 Å². The molecule has 8 nitrogen and oxygen atoms in total. The van der Waals surface area contributed by atoms with Crippen LogP contribution in [0.2, 0.25) is 0 Å². The van der Waals surface area contributed by atoms with Crippen molar-refractivity contribution in [3.05, 3.63) is 84.4 Å². The summed E-state index contributed by atoms with van der Waals surface area (Å²) >= 11 is 0. The maximum Gasteiger partial charge on any atom is 0.416 e. The maximum atomic E-state index is 13.5. The Labute approximate surface area is 224 Å². The Morgan fingerprint density at radius 2 is 1.82 bits per heavy atom. The van der Waals surface area contributed by atoms with Crippen LogP contribution in [0.5, 0.6) is 5.75 Å². The Morgan fingerprint density at radius 1 is 1.08 bits per heavy atom. The smallest absolute Gasteiger partial charge is 0.416 e. The minimum absolute atomic E-state index is 0.0250. The van der Waals surface area contributed by atoms with E-state index < -0.39 is 21.8 Å². The topological polar surface area (TPSA) is 89.4 Å². The van der Waals surface area contributed by atoms with Gasteiger partial charge in [0.15, 0.2) is 0 Å². The van der Waals surface area contributed by atoms with Gasteiger partial charge in [-0.25, -0.2) is 18.4 Å². The molecule has 2 heterocycles. The molecule has 204 valence electrons. The molecule has 0 amide bonds. The summed E-state index contributed by atoms with van der Waals surface area (Å²) in [4.78, 5) is 8.50. The summed E-state index contributed by atoms with van der Waals surface area (Å²) in [6, 6.07) is 13.6. The minimum Gasteiger partial charge on any atom is -0.497 e. The molecule has 0 saturated heterocycles. The maximum absolute atomic E-state index is 13.5. The zero-order valence-electron chi connectivity index (χ0n) is 21.2. The first kappa shape index (κ1) is 26.7. The number of nitrogens with one attached hydrogen (secondary N) is 1. The first-order valence-electron chi connectivity index (χ1n) is 12.1. The lowest BCUT2D eigenvalue weighted by molar-refractivity contribution is -0.137. The van der Waals surface area contributed by atoms with Crippen molar-refractivity contribution in [1.29, 1.82) is 0 Å². The van der Waals surface area contributed by atoms with Crippen LogP contribution in [-0.4, -0.2) is 41.4 Å². The van der Waals surface area contributed by atoms with Crippen LogP contribution in [0.25, 0.3) is 11.3 Å². The van der Waals surface area contributed by atoms with Crippen LogP contribution in [0.15, 0.2) is 78.2 Å². The summed E-state index contributed by atoms with van der Waals surface area (Å²) in [7, 11) is -0.881. The van der Waals surface area contributed by atoms with Gasteiger partial charge in [-0.3, -0.25) is 0 Å². The van der Waals surface area contributed by atoms with Crippen LogP contribution in [0.4, 0.5) is 24.7 Å². The van der Waals surface area contributed by atoms with Crippen LogP contribution in [0.3, 0.4) is 0 Å². The number of methoxy groups -OCH3 is 1. The Kier molecular flexibility index (Phi) is 7.08. The fraction of sp³-hybridized carbons (Fsp3) is 0.259. The molecule has 0 atom stereocenters. The lowest BCUT2D eigenvalue weighted by Crippen LogP contribution is -2.26. The first-order chi connectivity index (χ1) is 18.5. The third-order valence-electron chi connectivity index (χ3n) is 6.46. The molecule has 0 spiro atoms. The van der Waals surface area contributed by atoms with Crippen molar-refractivity contribution in [1.82, 2.24) is 18.8 Å². The van der Waals surface area contributed by atoms with Crippen molar-refractivity contribution in [2.45, 2.75) is 36.5 Å². The van der Waals surface area contributed by atoms with E-state index in [1.54, 1.807) is 37.7 Å². The summed E-state index contributed by atoms with van der Waals surface area (Å²) < 4.78 is 75.1. The number of nitrogens with zero attached hydrogens (tertiary/aromatic N) is 4. The van der Waals surface area contributed by atoms with E-state index in [0.29, 0.717) is 28.7 Å². The molecule has 12 heteroatoms. The number of pyridine rings is 1. The van der Waals surface area contributed by atoms with Gasteiger partial charge < -0.3 is 14.6 Å². The molecule has 0 unspecified atom stereocenters. The lowest BCUT2D eigenvalue weighted by Gasteiger charge is -2.19. The molecule has 39 heavy (non-hydrogen) atoms. The second-order valence-electron chi connectivity index (χ2n) is 9.31. The molecule has 5 rings (SSSR count). The van der Waals surface area contributed by atoms with Crippen LogP contribution >= 0.6 is 0 Å². The molecule has 1 saturated carbocycles. The number of rotatable bonds is 9. The van der Waals surface area contributed by atoms with Crippen molar-refractivity contribution >= 4 is 21.5 Å². The number of aromatic nitrogens is 3. The van der Waals surface area contributed by atoms with Crippen molar-refractivity contribution in [2.75, 3.05) is 19.5 Å². The van der Waals surface area contributed by atoms with E-state index in [4.69, 9.17) is 4.74 Å². The zero-order valence-corrected chi connectivity index (χ0v) is 22.0. The predicted octanol–water partition coefficient (Wildman–Crippen LogP) is 5.87. The van der Waals surface area contributed by atoms with E-state index >= 15 is 0 Å². The molecular weight excluding hydrogens is 531 g/mol. The van der Waals surface area contributed by atoms with Crippen molar-refractivity contribution < 1.29 is 26.3 Å². The molecule has 1 N–H and O–H groups in total. The average Bonchev–Trinajstić information content (AvgIpc) is 3.65. The molecule has 2 aromatic carbocycles. The third kappa shape index (κ3) is 5.91. The average molecular weight is 558 g/mol. The number of benzene rings is 2. The Hall–Kier alpha value is -3.90. The fourth-order valence-corrected chi connectivity index (χ4v) is 5.30. The van der Waals surface area contributed by atoms with E-state index in [2.05, 4.69) is 15.3 Å². The predicted molar refractivity (Wildman–Crippen MR) is 140 cm³/mol. The van der Waals surface area contributed by atoms with Gasteiger partial charge in [-0.15, -0.1) is 0 Å². The van der Waals surface area contributed by atoms with E-state index in [1.807, 2.05) is 10.8 Å². The van der Waals surface area contributed by atoms with Crippen molar-refractivity contribution in [3.8, 4) is 17.0 Å². The summed E-state index contributed by atoms with van der Waals surface area (Å²) in [6.07, 6.45) is 2.09. The second-order valence-corrected chi connectivity index (χ2v) is 11.4. The largest absolute Gasteiger partial charge is 0.497 e. The van der Waals surface area contributed by atoms with Gasteiger partial charge in [0.25, 0.3) is 0 Å². The van der Waals surface area contributed by atoms with Gasteiger partial charge in [0.05, 0.1) is 29.6 Å². The molecule has 0 bridgehead atoms. The van der Waals surface area contributed by atoms with Crippen molar-refractivity contribution in [2.24, 2.45) is 0 Å². The van der Waals surface area contributed by atoms with Gasteiger partial charge in [0.1, 0.15) is 11.6 Å². The van der Waals surface area contributed by atoms with E-state index in [9.17, 15) is 21.6 Å². The van der Waals surface area contributed by atoms with Gasteiger partial charge >= 0.3 is 6.18 Å². The number of sulfonamides is 1. The highest BCUT2D eigenvalue weighted by molar-refractivity contribution is 7.89. The van der Waals surface area contributed by atoms with Crippen LogP contribution < -0.4 is 10.1 Å². The number of imidazole rings is 1. The highest BCUT2D eigenvalue weighted by Crippen LogP contribution is 2.38. The Balaban J connectivity index is 1.49. The SMILES string of the molecule is COc1ccc(CN(C)S(=O)(=O)c2ccc(Nc3cc(C(F)(F)F)ccn3)c(-c3cn(C4CC4)cn3)c2)cc1. The number of halogens is 3. The normalized spacial score (nSPS) is 14.0. The molecule has 1 fully saturated rings.